The quantitative estimate of drug-likeness (QED) is 0.398. The molecule has 0 bridgehead atoms. The van der Waals surface area contributed by atoms with Gasteiger partial charge in [0.25, 0.3) is 5.91 Å². The summed E-state index contributed by atoms with van der Waals surface area (Å²) in [6, 6.07) is 7.27. The maximum absolute atomic E-state index is 12.4. The molecule has 0 saturated heterocycles. The summed E-state index contributed by atoms with van der Waals surface area (Å²) in [4.78, 5) is 13.9. The highest BCUT2D eigenvalue weighted by Crippen LogP contribution is 2.37. The van der Waals surface area contributed by atoms with E-state index in [-0.39, 0.29) is 11.6 Å². The summed E-state index contributed by atoms with van der Waals surface area (Å²) in [7, 11) is 6.66. The molecule has 12 nitrogen and oxygen atoms in total. The molecule has 1 aromatic carbocycles. The second-order valence-corrected chi connectivity index (χ2v) is 6.83. The molecule has 12 heteroatoms. The van der Waals surface area contributed by atoms with Crippen molar-refractivity contribution in [3.63, 3.8) is 0 Å². The molecule has 3 aromatic heterocycles. The van der Waals surface area contributed by atoms with E-state index in [9.17, 15) is 4.79 Å². The third-order valence-electron chi connectivity index (χ3n) is 4.58. The number of nitrogens with zero attached hydrogens (tertiary/aromatic N) is 7. The number of aryl methyl sites for hydroxylation is 2. The van der Waals surface area contributed by atoms with Crippen LogP contribution in [0.5, 0.6) is 5.75 Å². The zero-order valence-electron chi connectivity index (χ0n) is 18.0. The van der Waals surface area contributed by atoms with Crippen molar-refractivity contribution < 1.29 is 9.53 Å². The van der Waals surface area contributed by atoms with E-state index in [2.05, 4.69) is 41.4 Å². The van der Waals surface area contributed by atoms with Crippen LogP contribution in [0.2, 0.25) is 0 Å². The van der Waals surface area contributed by atoms with E-state index in [0.29, 0.717) is 28.6 Å². The van der Waals surface area contributed by atoms with Crippen molar-refractivity contribution in [2.45, 2.75) is 0 Å². The van der Waals surface area contributed by atoms with Gasteiger partial charge in [0, 0.05) is 39.0 Å². The number of hydrogen-bond donors (Lipinski definition) is 3. The molecule has 3 heterocycles. The fraction of sp³-hybridized carbons (Fsp3) is 0.200. The van der Waals surface area contributed by atoms with E-state index in [4.69, 9.17) is 4.74 Å². The molecule has 0 aliphatic carbocycles. The number of nitrogens with one attached hydrogen (secondary N) is 3. The lowest BCUT2D eigenvalue weighted by atomic mass is 10.1. The Morgan fingerprint density at radius 1 is 1.06 bits per heavy atom. The first-order valence-electron chi connectivity index (χ1n) is 9.64. The first-order chi connectivity index (χ1) is 15.5. The summed E-state index contributed by atoms with van der Waals surface area (Å²) in [6.45, 7) is 0. The first-order valence-corrected chi connectivity index (χ1v) is 9.64. The molecule has 164 valence electrons. The molecular weight excluding hydrogens is 412 g/mol. The second-order valence-electron chi connectivity index (χ2n) is 6.83. The lowest BCUT2D eigenvalue weighted by molar-refractivity contribution is 0.0958. The van der Waals surface area contributed by atoms with Gasteiger partial charge in [0.15, 0.2) is 17.3 Å². The highest BCUT2D eigenvalue weighted by atomic mass is 16.5. The Kier molecular flexibility index (Phi) is 5.66. The number of para-hydroxylation sites is 1. The lowest BCUT2D eigenvalue weighted by Crippen LogP contribution is -2.21. The molecule has 0 aliphatic heterocycles. The number of anilines is 4. The van der Waals surface area contributed by atoms with Crippen molar-refractivity contribution in [3.8, 4) is 17.0 Å². The minimum atomic E-state index is -0.378. The Morgan fingerprint density at radius 2 is 1.91 bits per heavy atom. The van der Waals surface area contributed by atoms with E-state index >= 15 is 0 Å². The molecule has 0 atom stereocenters. The van der Waals surface area contributed by atoms with Gasteiger partial charge in [0.1, 0.15) is 5.69 Å². The van der Waals surface area contributed by atoms with E-state index < -0.39 is 0 Å². The predicted octanol–water partition coefficient (Wildman–Crippen LogP) is 1.86. The van der Waals surface area contributed by atoms with Crippen LogP contribution in [0, 0.1) is 0 Å². The highest BCUT2D eigenvalue weighted by Gasteiger charge is 2.18. The smallest absolute Gasteiger partial charge is 0.273 e. The number of ether oxygens (including phenoxy) is 1. The Labute approximate surface area is 183 Å². The van der Waals surface area contributed by atoms with Crippen molar-refractivity contribution in [1.82, 2.24) is 40.3 Å². The SMILES string of the molecule is CNC(=O)c1nnc(Nc2cnn(C)c2)cc1Nc1cccc(-c2cnn(C)n2)c1OC. The van der Waals surface area contributed by atoms with Gasteiger partial charge in [-0.2, -0.15) is 20.1 Å². The minimum absolute atomic E-state index is 0.135. The number of aromatic nitrogens is 7. The fourth-order valence-corrected chi connectivity index (χ4v) is 3.14. The molecule has 0 fully saturated rings. The monoisotopic (exact) mass is 434 g/mol. The first kappa shape index (κ1) is 20.8. The number of hydrogen-bond acceptors (Lipinski definition) is 9. The van der Waals surface area contributed by atoms with Crippen LogP contribution in [0.4, 0.5) is 22.9 Å². The topological polar surface area (TPSA) is 137 Å². The van der Waals surface area contributed by atoms with Crippen LogP contribution in [0.1, 0.15) is 10.5 Å². The van der Waals surface area contributed by atoms with E-state index in [0.717, 1.165) is 11.3 Å². The second kappa shape index (κ2) is 8.71. The van der Waals surface area contributed by atoms with Gasteiger partial charge in [-0.05, 0) is 12.1 Å². The van der Waals surface area contributed by atoms with E-state index in [1.165, 1.54) is 11.8 Å². The van der Waals surface area contributed by atoms with Gasteiger partial charge in [0.2, 0.25) is 0 Å². The van der Waals surface area contributed by atoms with Crippen molar-refractivity contribution >= 4 is 28.8 Å². The molecule has 0 radical (unpaired) electrons. The molecule has 0 saturated carbocycles. The van der Waals surface area contributed by atoms with Crippen molar-refractivity contribution in [3.05, 3.63) is 48.5 Å². The van der Waals surface area contributed by atoms with Crippen LogP contribution in [0.15, 0.2) is 42.9 Å². The number of carbonyl (C=O) groups is 1. The normalized spacial score (nSPS) is 10.6. The summed E-state index contributed by atoms with van der Waals surface area (Å²) in [5, 5.41) is 29.8. The van der Waals surface area contributed by atoms with Gasteiger partial charge in [0.05, 0.1) is 36.6 Å². The third kappa shape index (κ3) is 4.19. The Bertz CT molecular complexity index is 1260. The number of methoxy groups -OCH3 is 1. The summed E-state index contributed by atoms with van der Waals surface area (Å²) < 4.78 is 7.33. The number of carbonyl (C=O) groups excluding carboxylic acids is 1. The molecule has 0 aliphatic rings. The molecule has 4 rings (SSSR count). The van der Waals surface area contributed by atoms with E-state index in [1.54, 1.807) is 43.5 Å². The highest BCUT2D eigenvalue weighted by molar-refractivity contribution is 5.99. The van der Waals surface area contributed by atoms with Crippen LogP contribution >= 0.6 is 0 Å². The van der Waals surface area contributed by atoms with Crippen LogP contribution in [-0.4, -0.2) is 55.0 Å². The summed E-state index contributed by atoms with van der Waals surface area (Å²) >= 11 is 0. The van der Waals surface area contributed by atoms with Crippen LogP contribution in [-0.2, 0) is 14.1 Å². The summed E-state index contributed by atoms with van der Waals surface area (Å²) in [6.07, 6.45) is 5.12. The van der Waals surface area contributed by atoms with Gasteiger partial charge >= 0.3 is 0 Å². The van der Waals surface area contributed by atoms with Gasteiger partial charge in [-0.15, -0.1) is 10.2 Å². The van der Waals surface area contributed by atoms with Crippen molar-refractivity contribution in [2.75, 3.05) is 24.8 Å². The zero-order valence-corrected chi connectivity index (χ0v) is 18.0. The maximum atomic E-state index is 12.4. The van der Waals surface area contributed by atoms with Crippen LogP contribution < -0.4 is 20.7 Å². The minimum Gasteiger partial charge on any atom is -0.494 e. The van der Waals surface area contributed by atoms with Gasteiger partial charge in [-0.1, -0.05) is 6.07 Å². The average molecular weight is 434 g/mol. The molecule has 3 N–H and O–H groups in total. The molecule has 32 heavy (non-hydrogen) atoms. The summed E-state index contributed by atoms with van der Waals surface area (Å²) in [5.74, 6) is 0.614. The fourth-order valence-electron chi connectivity index (χ4n) is 3.14. The maximum Gasteiger partial charge on any atom is 0.273 e. The summed E-state index contributed by atoms with van der Waals surface area (Å²) in [5.41, 5.74) is 3.36. The van der Waals surface area contributed by atoms with Gasteiger partial charge in [-0.25, -0.2) is 0 Å². The third-order valence-corrected chi connectivity index (χ3v) is 4.58. The zero-order chi connectivity index (χ0) is 22.7. The molecular formula is C20H22N10O2. The van der Waals surface area contributed by atoms with Crippen molar-refractivity contribution in [1.29, 1.82) is 0 Å². The Hall–Kier alpha value is -4.48. The van der Waals surface area contributed by atoms with Gasteiger partial charge < -0.3 is 20.7 Å². The Morgan fingerprint density at radius 3 is 2.56 bits per heavy atom. The molecule has 0 spiro atoms. The largest absolute Gasteiger partial charge is 0.494 e. The number of amides is 1. The van der Waals surface area contributed by atoms with E-state index in [1.807, 2.05) is 25.2 Å². The number of benzene rings is 1. The van der Waals surface area contributed by atoms with Crippen molar-refractivity contribution in [2.24, 2.45) is 14.1 Å². The number of rotatable bonds is 7. The molecule has 4 aromatic rings. The van der Waals surface area contributed by atoms with Gasteiger partial charge in [-0.3, -0.25) is 9.48 Å². The average Bonchev–Trinajstić information content (AvgIpc) is 3.41. The molecule has 0 unspecified atom stereocenters. The standard InChI is InChI=1S/C20H22N10O2/c1-21-20(31)18-15(8-17(26-27-18)24-12-9-22-29(2)11-12)25-14-7-5-6-13(19(14)32-4)16-10-23-30(3)28-16/h5-11H,1-4H3,(H,21,31)(H2,24,25,26). The molecule has 1 amide bonds. The Balaban J connectivity index is 1.73. The lowest BCUT2D eigenvalue weighted by Gasteiger charge is -2.16. The van der Waals surface area contributed by atoms with Crippen LogP contribution in [0.3, 0.4) is 0 Å². The predicted molar refractivity (Wildman–Crippen MR) is 118 cm³/mol. The van der Waals surface area contributed by atoms with Crippen LogP contribution in [0.25, 0.3) is 11.3 Å².